The van der Waals surface area contributed by atoms with Crippen LogP contribution in [0, 0.1) is 19.8 Å². The van der Waals surface area contributed by atoms with E-state index in [1.807, 2.05) is 19.1 Å². The molecule has 24 heavy (non-hydrogen) atoms. The minimum Gasteiger partial charge on any atom is -0.383 e. The van der Waals surface area contributed by atoms with Crippen LogP contribution in [0.4, 0.5) is 0 Å². The van der Waals surface area contributed by atoms with E-state index in [2.05, 4.69) is 5.32 Å². The van der Waals surface area contributed by atoms with Gasteiger partial charge >= 0.3 is 0 Å². The van der Waals surface area contributed by atoms with Gasteiger partial charge in [-0.3, -0.25) is 4.79 Å². The molecule has 0 spiro atoms. The molecular formula is C17H26N2O4S. The van der Waals surface area contributed by atoms with Crippen LogP contribution >= 0.6 is 0 Å². The molecule has 0 bridgehead atoms. The molecule has 1 aliphatic rings. The molecule has 7 heteroatoms. The van der Waals surface area contributed by atoms with Crippen molar-refractivity contribution in [2.45, 2.75) is 31.6 Å². The molecule has 0 radical (unpaired) electrons. The zero-order valence-corrected chi connectivity index (χ0v) is 15.4. The molecule has 0 saturated carbocycles. The van der Waals surface area contributed by atoms with E-state index in [1.165, 1.54) is 4.31 Å². The lowest BCUT2D eigenvalue weighted by atomic mass is 9.99. The maximum atomic E-state index is 13.0. The third-order valence-corrected chi connectivity index (χ3v) is 6.33. The second kappa shape index (κ2) is 8.09. The van der Waals surface area contributed by atoms with Crippen LogP contribution in [0.5, 0.6) is 0 Å². The van der Waals surface area contributed by atoms with E-state index in [-0.39, 0.29) is 18.4 Å². The topological polar surface area (TPSA) is 75.7 Å². The lowest BCUT2D eigenvalue weighted by molar-refractivity contribution is -0.126. The molecule has 1 N–H and O–H groups in total. The van der Waals surface area contributed by atoms with Gasteiger partial charge in [-0.25, -0.2) is 8.42 Å². The number of hydrogen-bond acceptors (Lipinski definition) is 4. The highest BCUT2D eigenvalue weighted by atomic mass is 32.2. The lowest BCUT2D eigenvalue weighted by Crippen LogP contribution is -2.46. The van der Waals surface area contributed by atoms with Crippen molar-refractivity contribution in [2.75, 3.05) is 33.4 Å². The quantitative estimate of drug-likeness (QED) is 0.785. The predicted molar refractivity (Wildman–Crippen MR) is 92.3 cm³/mol. The number of methoxy groups -OCH3 is 1. The molecule has 1 aromatic rings. The second-order valence-corrected chi connectivity index (χ2v) is 8.16. The lowest BCUT2D eigenvalue weighted by Gasteiger charge is -2.31. The summed E-state index contributed by atoms with van der Waals surface area (Å²) in [5.74, 6) is -0.414. The van der Waals surface area contributed by atoms with Gasteiger partial charge in [0.1, 0.15) is 0 Å². The molecule has 1 atom stereocenters. The number of carbonyl (C=O) groups excluding carboxylic acids is 1. The van der Waals surface area contributed by atoms with Crippen LogP contribution in [0.3, 0.4) is 0 Å². The Kier molecular flexibility index (Phi) is 6.37. The fraction of sp³-hybridized carbons (Fsp3) is 0.588. The van der Waals surface area contributed by atoms with E-state index in [0.717, 1.165) is 11.1 Å². The van der Waals surface area contributed by atoms with Gasteiger partial charge in [-0.15, -0.1) is 0 Å². The van der Waals surface area contributed by atoms with Gasteiger partial charge < -0.3 is 10.1 Å². The number of benzene rings is 1. The number of hydrogen-bond donors (Lipinski definition) is 1. The SMILES string of the molecule is COCCNC(=O)C1CCCN(S(=O)(=O)c2cc(C)ccc2C)C1. The van der Waals surface area contributed by atoms with E-state index in [9.17, 15) is 13.2 Å². The van der Waals surface area contributed by atoms with Crippen molar-refractivity contribution in [1.29, 1.82) is 0 Å². The summed E-state index contributed by atoms with van der Waals surface area (Å²) < 4.78 is 32.3. The highest BCUT2D eigenvalue weighted by molar-refractivity contribution is 7.89. The van der Waals surface area contributed by atoms with Crippen LogP contribution in [0.1, 0.15) is 24.0 Å². The van der Waals surface area contributed by atoms with Crippen molar-refractivity contribution in [3.8, 4) is 0 Å². The Hall–Kier alpha value is -1.44. The number of nitrogens with one attached hydrogen (secondary N) is 1. The zero-order valence-electron chi connectivity index (χ0n) is 14.5. The Labute approximate surface area is 144 Å². The largest absolute Gasteiger partial charge is 0.383 e. The minimum atomic E-state index is -3.58. The number of sulfonamides is 1. The summed E-state index contributed by atoms with van der Waals surface area (Å²) in [5.41, 5.74) is 1.64. The highest BCUT2D eigenvalue weighted by Crippen LogP contribution is 2.26. The summed E-state index contributed by atoms with van der Waals surface area (Å²) >= 11 is 0. The normalized spacial score (nSPS) is 19.2. The molecular weight excluding hydrogens is 328 g/mol. The fourth-order valence-electron chi connectivity index (χ4n) is 2.92. The fourth-order valence-corrected chi connectivity index (χ4v) is 4.75. The van der Waals surface area contributed by atoms with Crippen LogP contribution in [0.2, 0.25) is 0 Å². The van der Waals surface area contributed by atoms with Gasteiger partial charge in [0.2, 0.25) is 15.9 Å². The number of aryl methyl sites for hydroxylation is 2. The molecule has 1 aromatic carbocycles. The van der Waals surface area contributed by atoms with Crippen LogP contribution in [0.25, 0.3) is 0 Å². The van der Waals surface area contributed by atoms with Crippen LogP contribution in [-0.2, 0) is 19.6 Å². The summed E-state index contributed by atoms with van der Waals surface area (Å²) in [7, 11) is -2.00. The van der Waals surface area contributed by atoms with Crippen LogP contribution in [0.15, 0.2) is 23.1 Å². The molecule has 2 rings (SSSR count). The first-order valence-electron chi connectivity index (χ1n) is 8.20. The van der Waals surface area contributed by atoms with Gasteiger partial charge in [-0.05, 0) is 43.9 Å². The Balaban J connectivity index is 2.13. The first kappa shape index (κ1) is 18.9. The molecule has 0 aliphatic carbocycles. The van der Waals surface area contributed by atoms with Crippen molar-refractivity contribution >= 4 is 15.9 Å². The smallest absolute Gasteiger partial charge is 0.243 e. The average Bonchev–Trinajstić information content (AvgIpc) is 2.57. The standard InChI is InChI=1S/C17H26N2O4S/c1-13-6-7-14(2)16(11-13)24(21,22)19-9-4-5-15(12-19)17(20)18-8-10-23-3/h6-7,11,15H,4-5,8-10,12H2,1-3H3,(H,18,20). The predicted octanol–water partition coefficient (Wildman–Crippen LogP) is 1.47. The van der Waals surface area contributed by atoms with Crippen molar-refractivity contribution in [3.63, 3.8) is 0 Å². The Morgan fingerprint density at radius 3 is 2.83 bits per heavy atom. The highest BCUT2D eigenvalue weighted by Gasteiger charge is 2.33. The molecule has 1 heterocycles. The average molecular weight is 354 g/mol. The van der Waals surface area contributed by atoms with Gasteiger partial charge in [-0.2, -0.15) is 4.31 Å². The third kappa shape index (κ3) is 4.34. The molecule has 6 nitrogen and oxygen atoms in total. The second-order valence-electron chi connectivity index (χ2n) is 6.25. The van der Waals surface area contributed by atoms with E-state index in [4.69, 9.17) is 4.74 Å². The monoisotopic (exact) mass is 354 g/mol. The van der Waals surface area contributed by atoms with Gasteiger partial charge in [0.15, 0.2) is 0 Å². The summed E-state index contributed by atoms with van der Waals surface area (Å²) in [4.78, 5) is 12.6. The summed E-state index contributed by atoms with van der Waals surface area (Å²) in [6.07, 6.45) is 1.39. The zero-order chi connectivity index (χ0) is 17.7. The van der Waals surface area contributed by atoms with Crippen molar-refractivity contribution in [2.24, 2.45) is 5.92 Å². The molecule has 1 aliphatic heterocycles. The molecule has 1 fully saturated rings. The number of piperidine rings is 1. The Morgan fingerprint density at radius 1 is 1.38 bits per heavy atom. The number of rotatable bonds is 6. The summed E-state index contributed by atoms with van der Waals surface area (Å²) in [6.45, 7) is 5.25. The maximum absolute atomic E-state index is 13.0. The van der Waals surface area contributed by atoms with E-state index in [0.29, 0.717) is 37.4 Å². The van der Waals surface area contributed by atoms with Gasteiger partial charge in [-0.1, -0.05) is 12.1 Å². The van der Waals surface area contributed by atoms with Gasteiger partial charge in [0.25, 0.3) is 0 Å². The van der Waals surface area contributed by atoms with Crippen LogP contribution in [-0.4, -0.2) is 52.0 Å². The summed E-state index contributed by atoms with van der Waals surface area (Å²) in [6, 6.07) is 5.42. The number of amides is 1. The maximum Gasteiger partial charge on any atom is 0.243 e. The molecule has 1 unspecified atom stereocenters. The van der Waals surface area contributed by atoms with Gasteiger partial charge in [0, 0.05) is 26.7 Å². The first-order chi connectivity index (χ1) is 11.4. The first-order valence-corrected chi connectivity index (χ1v) is 9.64. The molecule has 1 saturated heterocycles. The van der Waals surface area contributed by atoms with E-state index < -0.39 is 10.0 Å². The van der Waals surface area contributed by atoms with Crippen molar-refractivity contribution in [1.82, 2.24) is 9.62 Å². The molecule has 1 amide bonds. The van der Waals surface area contributed by atoms with Gasteiger partial charge in [0.05, 0.1) is 17.4 Å². The number of ether oxygens (including phenoxy) is 1. The Morgan fingerprint density at radius 2 is 2.12 bits per heavy atom. The van der Waals surface area contributed by atoms with E-state index >= 15 is 0 Å². The Bertz CT molecular complexity index is 688. The van der Waals surface area contributed by atoms with Crippen LogP contribution < -0.4 is 5.32 Å². The summed E-state index contributed by atoms with van der Waals surface area (Å²) in [5, 5.41) is 2.80. The third-order valence-electron chi connectivity index (χ3n) is 4.32. The number of carbonyl (C=O) groups is 1. The molecule has 0 aromatic heterocycles. The molecule has 134 valence electrons. The minimum absolute atomic E-state index is 0.104. The number of nitrogens with zero attached hydrogens (tertiary/aromatic N) is 1. The van der Waals surface area contributed by atoms with E-state index in [1.54, 1.807) is 20.1 Å². The van der Waals surface area contributed by atoms with Crippen molar-refractivity contribution < 1.29 is 17.9 Å². The van der Waals surface area contributed by atoms with Crippen molar-refractivity contribution in [3.05, 3.63) is 29.3 Å².